The lowest BCUT2D eigenvalue weighted by Crippen LogP contribution is -1.96. The van der Waals surface area contributed by atoms with Crippen molar-refractivity contribution in [3.8, 4) is 0 Å². The van der Waals surface area contributed by atoms with Crippen LogP contribution >= 0.6 is 11.8 Å². The van der Waals surface area contributed by atoms with E-state index in [1.807, 2.05) is 0 Å². The van der Waals surface area contributed by atoms with E-state index in [1.165, 1.54) is 30.5 Å². The highest BCUT2D eigenvalue weighted by molar-refractivity contribution is 7.99. The average molecular weight is 276 g/mol. The van der Waals surface area contributed by atoms with E-state index < -0.39 is 10.9 Å². The minimum Gasteiger partial charge on any atom is -0.478 e. The lowest BCUT2D eigenvalue weighted by Gasteiger charge is -2.02. The number of aromatic carboxylic acids is 1. The van der Waals surface area contributed by atoms with E-state index in [2.05, 4.69) is 4.98 Å². The predicted octanol–water partition coefficient (Wildman–Crippen LogP) is 2.84. The maximum Gasteiger partial charge on any atom is 0.335 e. The molecule has 0 radical (unpaired) electrons. The third-order valence-electron chi connectivity index (χ3n) is 2.24. The number of carbonyl (C=O) groups is 1. The van der Waals surface area contributed by atoms with Gasteiger partial charge in [0.1, 0.15) is 0 Å². The molecule has 0 aliphatic rings. The second kappa shape index (κ2) is 5.49. The molecular weight excluding hydrogens is 268 g/mol. The lowest BCUT2D eigenvalue weighted by atomic mass is 10.2. The van der Waals surface area contributed by atoms with E-state index in [-0.39, 0.29) is 16.3 Å². The number of pyridine rings is 1. The number of aromatic nitrogens is 1. The Morgan fingerprint density at radius 1 is 1.32 bits per heavy atom. The summed E-state index contributed by atoms with van der Waals surface area (Å²) in [5, 5.41) is 20.0. The summed E-state index contributed by atoms with van der Waals surface area (Å²) in [6.07, 6.45) is 1.45. The first kappa shape index (κ1) is 13.0. The summed E-state index contributed by atoms with van der Waals surface area (Å²) < 4.78 is 0. The SMILES string of the molecule is O=C(O)c1cccc(Sc2ncccc2[N+](=O)[O-])c1. The molecule has 1 heterocycles. The van der Waals surface area contributed by atoms with E-state index in [0.717, 1.165) is 11.8 Å². The fraction of sp³-hybridized carbons (Fsp3) is 0. The van der Waals surface area contributed by atoms with Crippen molar-refractivity contribution in [1.29, 1.82) is 0 Å². The molecule has 0 fully saturated rings. The molecule has 0 aliphatic heterocycles. The number of rotatable bonds is 4. The molecule has 0 saturated carbocycles. The van der Waals surface area contributed by atoms with Gasteiger partial charge < -0.3 is 5.11 Å². The maximum atomic E-state index is 10.8. The number of benzene rings is 1. The summed E-state index contributed by atoms with van der Waals surface area (Å²) in [4.78, 5) is 25.7. The summed E-state index contributed by atoms with van der Waals surface area (Å²) in [7, 11) is 0. The van der Waals surface area contributed by atoms with Crippen LogP contribution in [0.3, 0.4) is 0 Å². The topological polar surface area (TPSA) is 93.3 Å². The van der Waals surface area contributed by atoms with Crippen LogP contribution in [-0.4, -0.2) is 21.0 Å². The van der Waals surface area contributed by atoms with Crippen LogP contribution < -0.4 is 0 Å². The molecule has 0 bridgehead atoms. The normalized spacial score (nSPS) is 10.1. The van der Waals surface area contributed by atoms with Crippen molar-refractivity contribution in [2.24, 2.45) is 0 Å². The first-order valence-corrected chi connectivity index (χ1v) is 6.00. The molecule has 0 amide bonds. The molecule has 7 heteroatoms. The maximum absolute atomic E-state index is 10.8. The summed E-state index contributed by atoms with van der Waals surface area (Å²) in [6, 6.07) is 9.01. The van der Waals surface area contributed by atoms with Crippen LogP contribution in [0.5, 0.6) is 0 Å². The molecule has 0 aliphatic carbocycles. The van der Waals surface area contributed by atoms with Crippen molar-refractivity contribution in [2.45, 2.75) is 9.92 Å². The Hall–Kier alpha value is -2.41. The highest BCUT2D eigenvalue weighted by Gasteiger charge is 2.15. The molecule has 0 spiro atoms. The number of carboxylic acids is 1. The van der Waals surface area contributed by atoms with E-state index in [1.54, 1.807) is 12.1 Å². The van der Waals surface area contributed by atoms with Gasteiger partial charge in [-0.2, -0.15) is 0 Å². The molecule has 96 valence electrons. The van der Waals surface area contributed by atoms with Gasteiger partial charge in [0, 0.05) is 17.2 Å². The van der Waals surface area contributed by atoms with Gasteiger partial charge in [-0.25, -0.2) is 9.78 Å². The molecular formula is C12H8N2O4S. The van der Waals surface area contributed by atoms with Gasteiger partial charge in [-0.05, 0) is 24.3 Å². The van der Waals surface area contributed by atoms with Crippen LogP contribution in [0.15, 0.2) is 52.5 Å². The number of nitrogens with zero attached hydrogens (tertiary/aromatic N) is 2. The average Bonchev–Trinajstić information content (AvgIpc) is 2.39. The van der Waals surface area contributed by atoms with Crippen molar-refractivity contribution in [2.75, 3.05) is 0 Å². The van der Waals surface area contributed by atoms with E-state index in [4.69, 9.17) is 5.11 Å². The van der Waals surface area contributed by atoms with Crippen LogP contribution in [0.2, 0.25) is 0 Å². The smallest absolute Gasteiger partial charge is 0.335 e. The molecule has 1 aromatic carbocycles. The zero-order chi connectivity index (χ0) is 13.8. The molecule has 0 unspecified atom stereocenters. The number of hydrogen-bond donors (Lipinski definition) is 1. The van der Waals surface area contributed by atoms with Gasteiger partial charge in [0.25, 0.3) is 0 Å². The Balaban J connectivity index is 2.34. The Morgan fingerprint density at radius 2 is 2.11 bits per heavy atom. The van der Waals surface area contributed by atoms with Crippen LogP contribution in [-0.2, 0) is 0 Å². The van der Waals surface area contributed by atoms with E-state index in [9.17, 15) is 14.9 Å². The largest absolute Gasteiger partial charge is 0.478 e. The van der Waals surface area contributed by atoms with Crippen molar-refractivity contribution in [3.05, 3.63) is 58.3 Å². The van der Waals surface area contributed by atoms with Gasteiger partial charge in [0.05, 0.1) is 10.5 Å². The van der Waals surface area contributed by atoms with Crippen molar-refractivity contribution in [1.82, 2.24) is 4.98 Å². The standard InChI is InChI=1S/C12H8N2O4S/c15-12(16)8-3-1-4-9(7-8)19-11-10(14(17)18)5-2-6-13-11/h1-7H,(H,15,16). The predicted molar refractivity (Wildman–Crippen MR) is 68.4 cm³/mol. The Kier molecular flexibility index (Phi) is 3.76. The van der Waals surface area contributed by atoms with Gasteiger partial charge in [0.2, 0.25) is 0 Å². The molecule has 19 heavy (non-hydrogen) atoms. The first-order chi connectivity index (χ1) is 9.08. The molecule has 2 rings (SSSR count). The van der Waals surface area contributed by atoms with Crippen LogP contribution in [0.25, 0.3) is 0 Å². The van der Waals surface area contributed by atoms with Gasteiger partial charge in [0.15, 0.2) is 5.03 Å². The number of nitro groups is 1. The van der Waals surface area contributed by atoms with Crippen LogP contribution in [0.1, 0.15) is 10.4 Å². The molecule has 0 saturated heterocycles. The van der Waals surface area contributed by atoms with Gasteiger partial charge in [-0.3, -0.25) is 10.1 Å². The molecule has 1 aromatic heterocycles. The lowest BCUT2D eigenvalue weighted by molar-refractivity contribution is -0.388. The van der Waals surface area contributed by atoms with Crippen molar-refractivity contribution >= 4 is 23.4 Å². The second-order valence-corrected chi connectivity index (χ2v) is 4.58. The Bertz CT molecular complexity index is 645. The second-order valence-electron chi connectivity index (χ2n) is 3.52. The summed E-state index contributed by atoms with van der Waals surface area (Å²) in [6.45, 7) is 0. The van der Waals surface area contributed by atoms with Gasteiger partial charge >= 0.3 is 11.7 Å². The van der Waals surface area contributed by atoms with Crippen molar-refractivity contribution < 1.29 is 14.8 Å². The highest BCUT2D eigenvalue weighted by Crippen LogP contribution is 2.32. The van der Waals surface area contributed by atoms with Gasteiger partial charge in [-0.1, -0.05) is 17.8 Å². The summed E-state index contributed by atoms with van der Waals surface area (Å²) in [5.41, 5.74) is 0.0248. The van der Waals surface area contributed by atoms with Crippen molar-refractivity contribution in [3.63, 3.8) is 0 Å². The molecule has 0 atom stereocenters. The zero-order valence-corrected chi connectivity index (χ0v) is 10.3. The third kappa shape index (κ3) is 3.08. The Labute approximate surface area is 112 Å². The number of carboxylic acid groups (broad SMARTS) is 1. The van der Waals surface area contributed by atoms with Crippen LogP contribution in [0.4, 0.5) is 5.69 Å². The third-order valence-corrected chi connectivity index (χ3v) is 3.24. The molecule has 6 nitrogen and oxygen atoms in total. The highest BCUT2D eigenvalue weighted by atomic mass is 32.2. The molecule has 1 N–H and O–H groups in total. The Morgan fingerprint density at radius 3 is 2.79 bits per heavy atom. The number of hydrogen-bond acceptors (Lipinski definition) is 5. The monoisotopic (exact) mass is 276 g/mol. The zero-order valence-electron chi connectivity index (χ0n) is 9.52. The summed E-state index contributed by atoms with van der Waals surface area (Å²) in [5.74, 6) is -1.04. The quantitative estimate of drug-likeness (QED) is 0.681. The minimum absolute atomic E-state index is 0.103. The first-order valence-electron chi connectivity index (χ1n) is 5.18. The molecule has 2 aromatic rings. The minimum atomic E-state index is -1.04. The van der Waals surface area contributed by atoms with E-state index >= 15 is 0 Å². The fourth-order valence-electron chi connectivity index (χ4n) is 1.40. The van der Waals surface area contributed by atoms with Crippen LogP contribution in [0, 0.1) is 10.1 Å². The van der Waals surface area contributed by atoms with Gasteiger partial charge in [-0.15, -0.1) is 0 Å². The summed E-state index contributed by atoms with van der Waals surface area (Å²) >= 11 is 1.06. The van der Waals surface area contributed by atoms with E-state index in [0.29, 0.717) is 4.90 Å². The fourth-order valence-corrected chi connectivity index (χ4v) is 2.32.